The molecule has 4 rings (SSSR count). The van der Waals surface area contributed by atoms with Crippen molar-refractivity contribution in [3.05, 3.63) is 59.9 Å². The number of aryl methyl sites for hydroxylation is 1. The van der Waals surface area contributed by atoms with E-state index in [2.05, 4.69) is 33.6 Å². The Bertz CT molecular complexity index is 1030. The zero-order valence-corrected chi connectivity index (χ0v) is 17.5. The van der Waals surface area contributed by atoms with Crippen LogP contribution in [0.15, 0.2) is 48.7 Å². The fraction of sp³-hybridized carbons (Fsp3) is 0.348. The number of rotatable bonds is 5. The Hall–Kier alpha value is -3.35. The Kier molecular flexibility index (Phi) is 5.70. The summed E-state index contributed by atoms with van der Waals surface area (Å²) in [5.41, 5.74) is 2.62. The van der Waals surface area contributed by atoms with Crippen molar-refractivity contribution in [1.82, 2.24) is 19.4 Å². The molecule has 1 aliphatic rings. The predicted molar refractivity (Wildman–Crippen MR) is 114 cm³/mol. The molecule has 0 aliphatic carbocycles. The van der Waals surface area contributed by atoms with Gasteiger partial charge in [0.15, 0.2) is 0 Å². The lowest BCUT2D eigenvalue weighted by Gasteiger charge is -2.35. The Labute approximate surface area is 176 Å². The molecule has 1 amide bonds. The van der Waals surface area contributed by atoms with E-state index in [1.54, 1.807) is 12.1 Å². The Morgan fingerprint density at radius 2 is 1.90 bits per heavy atom. The molecule has 3 heterocycles. The van der Waals surface area contributed by atoms with Gasteiger partial charge in [0.2, 0.25) is 11.8 Å². The molecular weight excluding hydrogens is 380 g/mol. The number of carbonyl (C=O) groups excluding carboxylic acids is 1. The minimum absolute atomic E-state index is 0.0780. The molecule has 1 unspecified atom stereocenters. The van der Waals surface area contributed by atoms with Crippen LogP contribution < -0.4 is 9.47 Å². The lowest BCUT2D eigenvalue weighted by molar-refractivity contribution is 0.0675. The van der Waals surface area contributed by atoms with Gasteiger partial charge in [0, 0.05) is 36.6 Å². The molecule has 3 aromatic rings. The maximum absolute atomic E-state index is 13.3. The molecule has 7 nitrogen and oxygen atoms in total. The number of piperidine rings is 1. The molecule has 1 atom stereocenters. The van der Waals surface area contributed by atoms with Crippen molar-refractivity contribution in [3.8, 4) is 23.1 Å². The number of nitrogens with zero attached hydrogens (tertiary/aromatic N) is 4. The number of methoxy groups -OCH3 is 2. The third kappa shape index (κ3) is 3.75. The Morgan fingerprint density at radius 3 is 2.63 bits per heavy atom. The van der Waals surface area contributed by atoms with E-state index in [1.165, 1.54) is 14.2 Å². The van der Waals surface area contributed by atoms with Crippen LogP contribution in [0.25, 0.3) is 11.4 Å². The topological polar surface area (TPSA) is 69.5 Å². The molecule has 0 saturated carbocycles. The molecule has 30 heavy (non-hydrogen) atoms. The fourth-order valence-electron chi connectivity index (χ4n) is 4.08. The smallest absolute Gasteiger partial charge is 0.259 e. The van der Waals surface area contributed by atoms with Crippen LogP contribution in [0.2, 0.25) is 0 Å². The number of benzene rings is 1. The van der Waals surface area contributed by atoms with Crippen molar-refractivity contribution in [3.63, 3.8) is 0 Å². The maximum atomic E-state index is 13.3. The molecular formula is C23H26N4O3. The molecule has 0 N–H and O–H groups in total. The summed E-state index contributed by atoms with van der Waals surface area (Å²) in [5.74, 6) is 1.56. The van der Waals surface area contributed by atoms with Gasteiger partial charge in [-0.15, -0.1) is 0 Å². The molecule has 0 bridgehead atoms. The van der Waals surface area contributed by atoms with Gasteiger partial charge in [0.05, 0.1) is 20.3 Å². The van der Waals surface area contributed by atoms with Gasteiger partial charge in [0.25, 0.3) is 5.91 Å². The zero-order chi connectivity index (χ0) is 21.1. The largest absolute Gasteiger partial charge is 0.481 e. The predicted octanol–water partition coefficient (Wildman–Crippen LogP) is 3.75. The number of hydrogen-bond acceptors (Lipinski definition) is 5. The third-order valence-electron chi connectivity index (χ3n) is 5.53. The Balaban J connectivity index is 1.61. The minimum Gasteiger partial charge on any atom is -0.481 e. The molecule has 2 aromatic heterocycles. The van der Waals surface area contributed by atoms with Crippen LogP contribution in [0.3, 0.4) is 0 Å². The van der Waals surface area contributed by atoms with Crippen LogP contribution >= 0.6 is 0 Å². The lowest BCUT2D eigenvalue weighted by Crippen LogP contribution is -2.41. The highest BCUT2D eigenvalue weighted by molar-refractivity contribution is 5.96. The highest BCUT2D eigenvalue weighted by Gasteiger charge is 2.29. The first-order chi connectivity index (χ1) is 14.6. The van der Waals surface area contributed by atoms with Crippen molar-refractivity contribution < 1.29 is 14.3 Å². The number of likely N-dealkylation sites (tertiary alicyclic amines) is 1. The summed E-state index contributed by atoms with van der Waals surface area (Å²) in [6, 6.07) is 13.7. The van der Waals surface area contributed by atoms with Gasteiger partial charge in [-0.2, -0.15) is 4.98 Å². The number of aromatic nitrogens is 3. The number of carbonyl (C=O) groups is 1. The van der Waals surface area contributed by atoms with Gasteiger partial charge >= 0.3 is 0 Å². The van der Waals surface area contributed by atoms with E-state index in [1.807, 2.05) is 29.3 Å². The number of pyridine rings is 1. The van der Waals surface area contributed by atoms with Crippen LogP contribution in [-0.2, 0) is 0 Å². The van der Waals surface area contributed by atoms with Crippen LogP contribution in [0.4, 0.5) is 0 Å². The lowest BCUT2D eigenvalue weighted by atomic mass is 10.0. The van der Waals surface area contributed by atoms with Gasteiger partial charge in [-0.05, 0) is 25.8 Å². The second-order valence-corrected chi connectivity index (χ2v) is 7.42. The SMILES string of the molecule is COc1ccc(C(=O)N2CCCC(n3c(C)cnc3-c3ccccc3)C2)c(OC)n1. The fourth-order valence-corrected chi connectivity index (χ4v) is 4.08. The summed E-state index contributed by atoms with van der Waals surface area (Å²) >= 11 is 0. The summed E-state index contributed by atoms with van der Waals surface area (Å²) in [5, 5.41) is 0. The van der Waals surface area contributed by atoms with Crippen molar-refractivity contribution in [2.24, 2.45) is 0 Å². The monoisotopic (exact) mass is 406 g/mol. The number of imidazole rings is 1. The summed E-state index contributed by atoms with van der Waals surface area (Å²) in [7, 11) is 3.05. The van der Waals surface area contributed by atoms with Crippen LogP contribution in [-0.4, -0.2) is 52.7 Å². The normalized spacial score (nSPS) is 16.4. The second-order valence-electron chi connectivity index (χ2n) is 7.42. The number of hydrogen-bond donors (Lipinski definition) is 0. The summed E-state index contributed by atoms with van der Waals surface area (Å²) < 4.78 is 12.7. The first kappa shape index (κ1) is 19.9. The average molecular weight is 406 g/mol. The van der Waals surface area contributed by atoms with E-state index >= 15 is 0 Å². The quantitative estimate of drug-likeness (QED) is 0.645. The highest BCUT2D eigenvalue weighted by Crippen LogP contribution is 2.31. The number of amides is 1. The van der Waals surface area contributed by atoms with Crippen LogP contribution in [0.5, 0.6) is 11.8 Å². The number of ether oxygens (including phenoxy) is 2. The average Bonchev–Trinajstić information content (AvgIpc) is 3.20. The molecule has 1 aromatic carbocycles. The van der Waals surface area contributed by atoms with Crippen LogP contribution in [0.1, 0.15) is 34.9 Å². The highest BCUT2D eigenvalue weighted by atomic mass is 16.5. The van der Waals surface area contributed by atoms with Crippen molar-refractivity contribution in [2.45, 2.75) is 25.8 Å². The molecule has 0 radical (unpaired) electrons. The molecule has 0 spiro atoms. The van der Waals surface area contributed by atoms with E-state index in [4.69, 9.17) is 9.47 Å². The molecule has 7 heteroatoms. The van der Waals surface area contributed by atoms with Gasteiger partial charge in [-0.3, -0.25) is 4.79 Å². The molecule has 1 fully saturated rings. The van der Waals surface area contributed by atoms with Crippen molar-refractivity contribution >= 4 is 5.91 Å². The van der Waals surface area contributed by atoms with Gasteiger partial charge in [-0.1, -0.05) is 30.3 Å². The molecule has 156 valence electrons. The van der Waals surface area contributed by atoms with E-state index in [0.717, 1.165) is 29.9 Å². The standard InChI is InChI=1S/C23H26N4O3/c1-16-14-24-21(17-8-5-4-6-9-17)27(16)18-10-7-13-26(15-18)23(28)19-11-12-20(29-2)25-22(19)30-3/h4-6,8-9,11-12,14,18H,7,10,13,15H2,1-3H3. The van der Waals surface area contributed by atoms with E-state index in [9.17, 15) is 4.79 Å². The molecule has 1 saturated heterocycles. The van der Waals surface area contributed by atoms with Gasteiger partial charge in [0.1, 0.15) is 11.4 Å². The first-order valence-corrected chi connectivity index (χ1v) is 10.1. The first-order valence-electron chi connectivity index (χ1n) is 10.1. The third-order valence-corrected chi connectivity index (χ3v) is 5.53. The maximum Gasteiger partial charge on any atom is 0.259 e. The van der Waals surface area contributed by atoms with Crippen molar-refractivity contribution in [1.29, 1.82) is 0 Å². The van der Waals surface area contributed by atoms with E-state index in [-0.39, 0.29) is 17.8 Å². The van der Waals surface area contributed by atoms with E-state index in [0.29, 0.717) is 24.5 Å². The second kappa shape index (κ2) is 8.57. The summed E-state index contributed by atoms with van der Waals surface area (Å²) in [6.45, 7) is 3.39. The van der Waals surface area contributed by atoms with Crippen molar-refractivity contribution in [2.75, 3.05) is 27.3 Å². The summed E-state index contributed by atoms with van der Waals surface area (Å²) in [4.78, 5) is 24.1. The zero-order valence-electron chi connectivity index (χ0n) is 17.5. The van der Waals surface area contributed by atoms with E-state index < -0.39 is 0 Å². The van der Waals surface area contributed by atoms with Gasteiger partial charge < -0.3 is 18.9 Å². The molecule has 1 aliphatic heterocycles. The van der Waals surface area contributed by atoms with Crippen LogP contribution in [0, 0.1) is 6.92 Å². The van der Waals surface area contributed by atoms with Gasteiger partial charge in [-0.25, -0.2) is 4.98 Å². The minimum atomic E-state index is -0.0780. The Morgan fingerprint density at radius 1 is 1.10 bits per heavy atom. The summed E-state index contributed by atoms with van der Waals surface area (Å²) in [6.07, 6.45) is 3.83.